The molecule has 7 heteroatoms. The number of aromatic nitrogens is 2. The summed E-state index contributed by atoms with van der Waals surface area (Å²) in [4.78, 5) is 12.6. The van der Waals surface area contributed by atoms with E-state index in [0.717, 1.165) is 17.9 Å². The Morgan fingerprint density at radius 2 is 1.89 bits per heavy atom. The molecule has 1 aromatic heterocycles. The van der Waals surface area contributed by atoms with Crippen molar-refractivity contribution in [2.45, 2.75) is 53.4 Å². The van der Waals surface area contributed by atoms with Crippen LogP contribution in [0.3, 0.4) is 0 Å². The van der Waals surface area contributed by atoms with Crippen LogP contribution in [-0.4, -0.2) is 27.3 Å². The van der Waals surface area contributed by atoms with Gasteiger partial charge in [-0.25, -0.2) is 4.68 Å². The monoisotopic (exact) mass is 401 g/mol. The lowest BCUT2D eigenvalue weighted by Gasteiger charge is -2.15. The van der Waals surface area contributed by atoms with Gasteiger partial charge in [-0.05, 0) is 50.5 Å². The summed E-state index contributed by atoms with van der Waals surface area (Å²) in [6.45, 7) is 8.91. The van der Waals surface area contributed by atoms with Gasteiger partial charge in [0.25, 0.3) is 5.91 Å². The van der Waals surface area contributed by atoms with E-state index >= 15 is 0 Å². The molecule has 0 saturated carbocycles. The number of nitrogens with one attached hydrogen (secondary N) is 3. The normalized spacial score (nSPS) is 11.7. The summed E-state index contributed by atoms with van der Waals surface area (Å²) in [5.41, 5.74) is 8.39. The molecule has 0 radical (unpaired) electrons. The largest absolute Gasteiger partial charge is 0.361 e. The minimum atomic E-state index is -0.252. The highest BCUT2D eigenvalue weighted by Crippen LogP contribution is 2.17. The number of hydrogen-bond donors (Lipinski definition) is 3. The lowest BCUT2D eigenvalue weighted by Crippen LogP contribution is -2.47. The molecule has 0 aliphatic rings. The molecular formula is C21H31N5OS. The Morgan fingerprint density at radius 1 is 1.18 bits per heavy atom. The number of rotatable bonds is 8. The smallest absolute Gasteiger partial charge is 0.273 e. The van der Waals surface area contributed by atoms with Gasteiger partial charge in [-0.3, -0.25) is 15.6 Å². The summed E-state index contributed by atoms with van der Waals surface area (Å²) in [5.74, 6) is 0.285. The molecule has 2 rings (SSSR count). The van der Waals surface area contributed by atoms with Crippen molar-refractivity contribution in [1.82, 2.24) is 25.9 Å². The average Bonchev–Trinajstić information content (AvgIpc) is 2.99. The van der Waals surface area contributed by atoms with Crippen molar-refractivity contribution in [1.29, 1.82) is 0 Å². The fourth-order valence-corrected chi connectivity index (χ4v) is 3.26. The van der Waals surface area contributed by atoms with E-state index in [0.29, 0.717) is 22.3 Å². The molecule has 152 valence electrons. The van der Waals surface area contributed by atoms with Gasteiger partial charge in [-0.15, -0.1) is 0 Å². The highest BCUT2D eigenvalue weighted by Gasteiger charge is 2.19. The van der Waals surface area contributed by atoms with Gasteiger partial charge in [0.2, 0.25) is 0 Å². The van der Waals surface area contributed by atoms with E-state index in [-0.39, 0.29) is 5.91 Å². The van der Waals surface area contributed by atoms with E-state index in [1.165, 1.54) is 25.7 Å². The third kappa shape index (κ3) is 6.05. The van der Waals surface area contributed by atoms with Crippen LogP contribution in [0.15, 0.2) is 30.3 Å². The van der Waals surface area contributed by atoms with Crippen LogP contribution in [0.2, 0.25) is 0 Å². The van der Waals surface area contributed by atoms with Gasteiger partial charge in [0.1, 0.15) is 0 Å². The number of para-hydroxylation sites is 1. The third-order valence-corrected chi connectivity index (χ3v) is 4.97. The second-order valence-corrected chi connectivity index (χ2v) is 7.59. The number of carbonyl (C=O) groups excluding carboxylic acids is 1. The molecule has 0 bridgehead atoms. The average molecular weight is 402 g/mol. The lowest BCUT2D eigenvalue weighted by atomic mass is 10.0. The second kappa shape index (κ2) is 10.8. The second-order valence-electron chi connectivity index (χ2n) is 7.18. The van der Waals surface area contributed by atoms with E-state index in [2.05, 4.69) is 35.1 Å². The van der Waals surface area contributed by atoms with Crippen molar-refractivity contribution >= 4 is 23.2 Å². The molecule has 3 N–H and O–H groups in total. The Balaban J connectivity index is 1.88. The number of nitrogens with zero attached hydrogens (tertiary/aromatic N) is 2. The number of aryl methyl sites for hydroxylation is 1. The molecule has 1 amide bonds. The number of unbranched alkanes of at least 4 members (excludes halogenated alkanes) is 2. The first-order chi connectivity index (χ1) is 13.4. The molecule has 1 heterocycles. The zero-order chi connectivity index (χ0) is 20.5. The Labute approximate surface area is 173 Å². The molecule has 6 nitrogen and oxygen atoms in total. The standard InChI is InChI=1S/C21H31N5OS/c1-5-6-8-11-15(2)14-22-21(28)24-23-20(27)19-16(3)25-26(17(19)4)18-12-9-7-10-13-18/h7,9-10,12-13,15H,5-6,8,11,14H2,1-4H3,(H,23,27)(H2,22,24,28)/t15-/m1/s1. The van der Waals surface area contributed by atoms with Crippen LogP contribution in [0.25, 0.3) is 5.69 Å². The minimum Gasteiger partial charge on any atom is -0.361 e. The molecule has 0 aliphatic carbocycles. The van der Waals surface area contributed by atoms with E-state index < -0.39 is 0 Å². The predicted molar refractivity (Wildman–Crippen MR) is 118 cm³/mol. The maximum Gasteiger partial charge on any atom is 0.273 e. The maximum atomic E-state index is 12.6. The number of hydrogen-bond acceptors (Lipinski definition) is 3. The lowest BCUT2D eigenvalue weighted by molar-refractivity contribution is 0.0942. The first kappa shape index (κ1) is 21.9. The third-order valence-electron chi connectivity index (χ3n) is 4.72. The molecule has 28 heavy (non-hydrogen) atoms. The van der Waals surface area contributed by atoms with E-state index in [1.54, 1.807) is 4.68 Å². The Bertz CT molecular complexity index is 788. The van der Waals surface area contributed by atoms with E-state index in [9.17, 15) is 4.79 Å². The van der Waals surface area contributed by atoms with Crippen LogP contribution in [0.5, 0.6) is 0 Å². The Morgan fingerprint density at radius 3 is 2.57 bits per heavy atom. The van der Waals surface area contributed by atoms with Gasteiger partial charge in [-0.2, -0.15) is 5.10 Å². The van der Waals surface area contributed by atoms with Crippen molar-refractivity contribution in [3.05, 3.63) is 47.3 Å². The number of amides is 1. The van der Waals surface area contributed by atoms with Gasteiger partial charge in [0.15, 0.2) is 5.11 Å². The summed E-state index contributed by atoms with van der Waals surface area (Å²) >= 11 is 5.27. The topological polar surface area (TPSA) is 71.0 Å². The van der Waals surface area contributed by atoms with E-state index in [4.69, 9.17) is 12.2 Å². The van der Waals surface area contributed by atoms with Gasteiger partial charge in [0.05, 0.1) is 22.6 Å². The van der Waals surface area contributed by atoms with Crippen molar-refractivity contribution < 1.29 is 4.79 Å². The van der Waals surface area contributed by atoms with Crippen LogP contribution >= 0.6 is 12.2 Å². The van der Waals surface area contributed by atoms with Crippen LogP contribution in [0.1, 0.15) is 61.3 Å². The van der Waals surface area contributed by atoms with Crippen molar-refractivity contribution in [2.75, 3.05) is 6.54 Å². The summed E-state index contributed by atoms with van der Waals surface area (Å²) in [6, 6.07) is 9.76. The summed E-state index contributed by atoms with van der Waals surface area (Å²) in [7, 11) is 0. The summed E-state index contributed by atoms with van der Waals surface area (Å²) < 4.78 is 1.78. The molecule has 1 atom stereocenters. The van der Waals surface area contributed by atoms with Crippen LogP contribution in [0.4, 0.5) is 0 Å². The highest BCUT2D eigenvalue weighted by atomic mass is 32.1. The van der Waals surface area contributed by atoms with Gasteiger partial charge < -0.3 is 5.32 Å². The van der Waals surface area contributed by atoms with Crippen LogP contribution < -0.4 is 16.2 Å². The fourth-order valence-electron chi connectivity index (χ4n) is 3.12. The molecule has 1 aromatic carbocycles. The summed E-state index contributed by atoms with van der Waals surface area (Å²) in [5, 5.41) is 8.08. The van der Waals surface area contributed by atoms with Gasteiger partial charge in [-0.1, -0.05) is 51.3 Å². The van der Waals surface area contributed by atoms with Gasteiger partial charge >= 0.3 is 0 Å². The predicted octanol–water partition coefficient (Wildman–Crippen LogP) is 3.81. The maximum absolute atomic E-state index is 12.6. The number of hydrazine groups is 1. The molecule has 0 saturated heterocycles. The minimum absolute atomic E-state index is 0.252. The number of benzene rings is 1. The first-order valence-electron chi connectivity index (χ1n) is 9.89. The quantitative estimate of drug-likeness (QED) is 0.356. The van der Waals surface area contributed by atoms with Crippen molar-refractivity contribution in [2.24, 2.45) is 5.92 Å². The highest BCUT2D eigenvalue weighted by molar-refractivity contribution is 7.80. The van der Waals surface area contributed by atoms with Crippen LogP contribution in [-0.2, 0) is 0 Å². The van der Waals surface area contributed by atoms with Crippen LogP contribution in [0, 0.1) is 19.8 Å². The molecule has 0 fully saturated rings. The molecule has 2 aromatic rings. The number of thiocarbonyl (C=S) groups is 1. The van der Waals surface area contributed by atoms with E-state index in [1.807, 2.05) is 44.2 Å². The van der Waals surface area contributed by atoms with Gasteiger partial charge in [0, 0.05) is 6.54 Å². The Hall–Kier alpha value is -2.41. The molecule has 0 spiro atoms. The fraction of sp³-hybridized carbons (Fsp3) is 0.476. The zero-order valence-electron chi connectivity index (χ0n) is 17.2. The molecular weight excluding hydrogens is 370 g/mol. The SMILES string of the molecule is CCCCC[C@@H](C)CNC(=S)NNC(=O)c1c(C)nn(-c2ccccc2)c1C. The Kier molecular flexibility index (Phi) is 8.44. The van der Waals surface area contributed by atoms with Crippen molar-refractivity contribution in [3.8, 4) is 5.69 Å². The molecule has 0 unspecified atom stereocenters. The first-order valence-corrected chi connectivity index (χ1v) is 10.3. The number of carbonyl (C=O) groups is 1. The molecule has 0 aliphatic heterocycles. The zero-order valence-corrected chi connectivity index (χ0v) is 18.0. The summed E-state index contributed by atoms with van der Waals surface area (Å²) in [6.07, 6.45) is 4.90. The van der Waals surface area contributed by atoms with Crippen molar-refractivity contribution in [3.63, 3.8) is 0 Å².